The first-order valence-corrected chi connectivity index (χ1v) is 6.33. The van der Waals surface area contributed by atoms with Crippen LogP contribution < -0.4 is 5.32 Å². The fourth-order valence-corrected chi connectivity index (χ4v) is 1.95. The largest absolute Gasteiger partial charge is 0.321 e. The monoisotopic (exact) mass is 297 g/mol. The minimum absolute atomic E-state index is 0.0228. The molecular formula is C12H16BrN3O. The Labute approximate surface area is 110 Å². The molecule has 0 radical (unpaired) electrons. The summed E-state index contributed by atoms with van der Waals surface area (Å²) in [7, 11) is 4.07. The Bertz CT molecular complexity index is 399. The van der Waals surface area contributed by atoms with Crippen LogP contribution in [-0.2, 0) is 0 Å². The summed E-state index contributed by atoms with van der Waals surface area (Å²) in [5.74, 6) is 0. The van der Waals surface area contributed by atoms with Gasteiger partial charge in [0.2, 0.25) is 0 Å². The number of hydrogen-bond donors (Lipinski definition) is 1. The molecular weight excluding hydrogens is 282 g/mol. The molecule has 0 aromatic heterocycles. The van der Waals surface area contributed by atoms with Gasteiger partial charge < -0.3 is 15.1 Å². The van der Waals surface area contributed by atoms with Crippen LogP contribution >= 0.6 is 15.9 Å². The Hall–Kier alpha value is -1.07. The zero-order chi connectivity index (χ0) is 12.4. The van der Waals surface area contributed by atoms with E-state index in [1.54, 1.807) is 0 Å². The number of nitrogens with zero attached hydrogens (tertiary/aromatic N) is 2. The molecule has 1 fully saturated rings. The SMILES string of the molecule is CN(C)C1CN(C(=O)Nc2ccc(Br)cc2)C1. The third kappa shape index (κ3) is 2.98. The molecule has 92 valence electrons. The molecule has 1 aromatic rings. The second-order valence-corrected chi connectivity index (χ2v) is 5.38. The molecule has 0 saturated carbocycles. The fourth-order valence-electron chi connectivity index (χ4n) is 1.68. The highest BCUT2D eigenvalue weighted by Crippen LogP contribution is 2.17. The molecule has 1 saturated heterocycles. The van der Waals surface area contributed by atoms with E-state index in [0.29, 0.717) is 6.04 Å². The van der Waals surface area contributed by atoms with Crippen molar-refractivity contribution in [3.8, 4) is 0 Å². The summed E-state index contributed by atoms with van der Waals surface area (Å²) in [5, 5.41) is 2.88. The molecule has 1 aromatic carbocycles. The Morgan fingerprint density at radius 1 is 1.35 bits per heavy atom. The predicted molar refractivity (Wildman–Crippen MR) is 72.2 cm³/mol. The van der Waals surface area contributed by atoms with Crippen molar-refractivity contribution < 1.29 is 4.79 Å². The average Bonchev–Trinajstić information content (AvgIpc) is 2.18. The van der Waals surface area contributed by atoms with Crippen molar-refractivity contribution in [1.29, 1.82) is 0 Å². The lowest BCUT2D eigenvalue weighted by Gasteiger charge is -2.42. The molecule has 5 heteroatoms. The van der Waals surface area contributed by atoms with Crippen molar-refractivity contribution in [2.45, 2.75) is 6.04 Å². The minimum atomic E-state index is -0.0228. The van der Waals surface area contributed by atoms with Crippen molar-refractivity contribution in [3.63, 3.8) is 0 Å². The number of amides is 2. The van der Waals surface area contributed by atoms with Gasteiger partial charge in [0, 0.05) is 29.3 Å². The maximum atomic E-state index is 11.8. The lowest BCUT2D eigenvalue weighted by atomic mass is 10.1. The van der Waals surface area contributed by atoms with Gasteiger partial charge in [-0.3, -0.25) is 0 Å². The summed E-state index contributed by atoms with van der Waals surface area (Å²) < 4.78 is 1.01. The number of hydrogen-bond acceptors (Lipinski definition) is 2. The van der Waals surface area contributed by atoms with Gasteiger partial charge in [-0.05, 0) is 38.4 Å². The van der Waals surface area contributed by atoms with Crippen molar-refractivity contribution >= 4 is 27.6 Å². The lowest BCUT2D eigenvalue weighted by Crippen LogP contribution is -2.60. The number of likely N-dealkylation sites (N-methyl/N-ethyl adjacent to an activating group) is 1. The zero-order valence-electron chi connectivity index (χ0n) is 9.98. The van der Waals surface area contributed by atoms with Crippen molar-refractivity contribution in [2.24, 2.45) is 0 Å². The number of carbonyl (C=O) groups is 1. The molecule has 0 aliphatic carbocycles. The first-order valence-electron chi connectivity index (χ1n) is 5.54. The summed E-state index contributed by atoms with van der Waals surface area (Å²) in [6.45, 7) is 1.60. The zero-order valence-corrected chi connectivity index (χ0v) is 11.6. The summed E-state index contributed by atoms with van der Waals surface area (Å²) in [4.78, 5) is 15.8. The average molecular weight is 298 g/mol. The van der Waals surface area contributed by atoms with Gasteiger partial charge in [0.25, 0.3) is 0 Å². The molecule has 17 heavy (non-hydrogen) atoms. The predicted octanol–water partition coefficient (Wildman–Crippen LogP) is 2.23. The van der Waals surface area contributed by atoms with Crippen LogP contribution in [0.2, 0.25) is 0 Å². The van der Waals surface area contributed by atoms with Gasteiger partial charge in [0.1, 0.15) is 0 Å². The molecule has 0 atom stereocenters. The van der Waals surface area contributed by atoms with Gasteiger partial charge >= 0.3 is 6.03 Å². The van der Waals surface area contributed by atoms with Gasteiger partial charge in [-0.2, -0.15) is 0 Å². The van der Waals surface area contributed by atoms with Gasteiger partial charge in [0.05, 0.1) is 0 Å². The molecule has 2 rings (SSSR count). The van der Waals surface area contributed by atoms with Crippen LogP contribution in [0.25, 0.3) is 0 Å². The molecule has 1 N–H and O–H groups in total. The number of carbonyl (C=O) groups excluding carboxylic acids is 1. The van der Waals surface area contributed by atoms with Crippen LogP contribution in [0.15, 0.2) is 28.7 Å². The standard InChI is InChI=1S/C12H16BrN3O/c1-15(2)11-7-16(8-11)12(17)14-10-5-3-9(13)4-6-10/h3-6,11H,7-8H2,1-2H3,(H,14,17). The Morgan fingerprint density at radius 2 is 1.94 bits per heavy atom. The molecule has 0 bridgehead atoms. The smallest absolute Gasteiger partial charge is 0.321 e. The van der Waals surface area contributed by atoms with E-state index in [4.69, 9.17) is 0 Å². The first kappa shape index (κ1) is 12.4. The van der Waals surface area contributed by atoms with Crippen LogP contribution in [-0.4, -0.2) is 49.1 Å². The first-order chi connectivity index (χ1) is 8.06. The van der Waals surface area contributed by atoms with Crippen LogP contribution in [0.3, 0.4) is 0 Å². The summed E-state index contributed by atoms with van der Waals surface area (Å²) in [5.41, 5.74) is 0.825. The van der Waals surface area contributed by atoms with E-state index < -0.39 is 0 Å². The maximum Gasteiger partial charge on any atom is 0.321 e. The van der Waals surface area contributed by atoms with Crippen molar-refractivity contribution in [2.75, 3.05) is 32.5 Å². The highest BCUT2D eigenvalue weighted by atomic mass is 79.9. The highest BCUT2D eigenvalue weighted by Gasteiger charge is 2.31. The topological polar surface area (TPSA) is 35.6 Å². The Kier molecular flexibility index (Phi) is 3.69. The number of benzene rings is 1. The molecule has 1 heterocycles. The summed E-state index contributed by atoms with van der Waals surface area (Å²) >= 11 is 3.36. The summed E-state index contributed by atoms with van der Waals surface area (Å²) in [6, 6.07) is 8.05. The number of likely N-dealkylation sites (tertiary alicyclic amines) is 1. The van der Waals surface area contributed by atoms with Crippen LogP contribution in [0.4, 0.5) is 10.5 Å². The highest BCUT2D eigenvalue weighted by molar-refractivity contribution is 9.10. The number of nitrogens with one attached hydrogen (secondary N) is 1. The van der Waals surface area contributed by atoms with Crippen LogP contribution in [0.5, 0.6) is 0 Å². The number of halogens is 1. The van der Waals surface area contributed by atoms with E-state index in [1.165, 1.54) is 0 Å². The van der Waals surface area contributed by atoms with Crippen LogP contribution in [0.1, 0.15) is 0 Å². The number of anilines is 1. The number of rotatable bonds is 2. The van der Waals surface area contributed by atoms with E-state index in [0.717, 1.165) is 23.2 Å². The lowest BCUT2D eigenvalue weighted by molar-refractivity contribution is 0.0942. The van der Waals surface area contributed by atoms with E-state index in [9.17, 15) is 4.79 Å². The Morgan fingerprint density at radius 3 is 2.47 bits per heavy atom. The van der Waals surface area contributed by atoms with E-state index >= 15 is 0 Å². The second-order valence-electron chi connectivity index (χ2n) is 4.46. The normalized spacial score (nSPS) is 15.9. The maximum absolute atomic E-state index is 11.8. The van der Waals surface area contributed by atoms with Crippen LogP contribution in [0, 0.1) is 0 Å². The molecule has 4 nitrogen and oxygen atoms in total. The Balaban J connectivity index is 1.85. The molecule has 1 aliphatic rings. The van der Waals surface area contributed by atoms with Crippen molar-refractivity contribution in [3.05, 3.63) is 28.7 Å². The second kappa shape index (κ2) is 5.06. The third-order valence-electron chi connectivity index (χ3n) is 2.98. The number of urea groups is 1. The molecule has 2 amide bonds. The third-order valence-corrected chi connectivity index (χ3v) is 3.50. The van der Waals surface area contributed by atoms with Gasteiger partial charge in [0.15, 0.2) is 0 Å². The van der Waals surface area contributed by atoms with E-state index in [-0.39, 0.29) is 6.03 Å². The minimum Gasteiger partial charge on any atom is -0.321 e. The fraction of sp³-hybridized carbons (Fsp3) is 0.417. The molecule has 0 unspecified atom stereocenters. The quantitative estimate of drug-likeness (QED) is 0.909. The molecule has 1 aliphatic heterocycles. The van der Waals surface area contributed by atoms with Crippen molar-refractivity contribution in [1.82, 2.24) is 9.80 Å². The van der Waals surface area contributed by atoms with Gasteiger partial charge in [-0.1, -0.05) is 15.9 Å². The summed E-state index contributed by atoms with van der Waals surface area (Å²) in [6.07, 6.45) is 0. The van der Waals surface area contributed by atoms with Gasteiger partial charge in [-0.25, -0.2) is 4.79 Å². The van der Waals surface area contributed by atoms with E-state index in [1.807, 2.05) is 43.3 Å². The van der Waals surface area contributed by atoms with E-state index in [2.05, 4.69) is 26.1 Å². The molecule has 0 spiro atoms. The van der Waals surface area contributed by atoms with Gasteiger partial charge in [-0.15, -0.1) is 0 Å².